The van der Waals surface area contributed by atoms with E-state index in [1.165, 1.54) is 9.80 Å². The highest BCUT2D eigenvalue weighted by atomic mass is 35.5. The first-order valence-electron chi connectivity index (χ1n) is 14.0. The summed E-state index contributed by atoms with van der Waals surface area (Å²) < 4.78 is 6.77. The van der Waals surface area contributed by atoms with Crippen LogP contribution < -0.4 is 9.80 Å². The minimum absolute atomic E-state index is 0.148. The number of aliphatic hydroxyl groups is 1. The maximum atomic E-state index is 14.5. The standard InChI is InChI=1S/C32H36ClN3O5/c1-4-18-34(22-12-7-6-8-13-22)28(38)25-26-29(39)36(20-11-21-37)27(32(26)17-16-31(25,3)41-32)30(40)35(19-5-2)24-15-10-9-14-23(24)33/h4-10,12-15,25-27,37H,1-2,11,16-21H2,3H3/t25-,26+,27?,31+,32?/m1/s1. The van der Waals surface area contributed by atoms with Crippen molar-refractivity contribution in [1.29, 1.82) is 0 Å². The van der Waals surface area contributed by atoms with Gasteiger partial charge in [-0.25, -0.2) is 0 Å². The fraction of sp³-hybridized carbons (Fsp3) is 0.406. The molecule has 8 nitrogen and oxygen atoms in total. The van der Waals surface area contributed by atoms with Crippen molar-refractivity contribution in [3.63, 3.8) is 0 Å². The number of rotatable bonds is 11. The number of likely N-dealkylation sites (tertiary alicyclic amines) is 1. The molecule has 0 aromatic heterocycles. The number of fused-ring (bicyclic) bond motifs is 1. The molecule has 9 heteroatoms. The summed E-state index contributed by atoms with van der Waals surface area (Å²) in [6, 6.07) is 15.3. The fourth-order valence-electron chi connectivity index (χ4n) is 7.04. The third-order valence-corrected chi connectivity index (χ3v) is 9.02. The van der Waals surface area contributed by atoms with Crippen LogP contribution in [0.1, 0.15) is 26.2 Å². The Bertz CT molecular complexity index is 1350. The van der Waals surface area contributed by atoms with Gasteiger partial charge in [0.1, 0.15) is 11.6 Å². The Kier molecular flexibility index (Phi) is 8.10. The van der Waals surface area contributed by atoms with Crippen LogP contribution in [0.2, 0.25) is 5.02 Å². The molecular weight excluding hydrogens is 542 g/mol. The molecule has 1 spiro atoms. The van der Waals surface area contributed by atoms with Crippen molar-refractivity contribution in [2.45, 2.75) is 43.4 Å². The highest BCUT2D eigenvalue weighted by Crippen LogP contribution is 2.63. The zero-order chi connectivity index (χ0) is 29.4. The summed E-state index contributed by atoms with van der Waals surface area (Å²) in [4.78, 5) is 47.9. The van der Waals surface area contributed by atoms with E-state index in [2.05, 4.69) is 13.2 Å². The van der Waals surface area contributed by atoms with Gasteiger partial charge in [0, 0.05) is 31.9 Å². The number of carbonyl (C=O) groups excluding carboxylic acids is 3. The third kappa shape index (κ3) is 4.68. The van der Waals surface area contributed by atoms with E-state index in [1.54, 1.807) is 41.3 Å². The molecule has 1 N–H and O–H groups in total. The van der Waals surface area contributed by atoms with Crippen molar-refractivity contribution in [3.05, 3.63) is 84.9 Å². The smallest absolute Gasteiger partial charge is 0.253 e. The molecule has 3 aliphatic rings. The van der Waals surface area contributed by atoms with Crippen LogP contribution in [-0.2, 0) is 19.1 Å². The van der Waals surface area contributed by atoms with Crippen molar-refractivity contribution in [1.82, 2.24) is 4.90 Å². The summed E-state index contributed by atoms with van der Waals surface area (Å²) in [5.74, 6) is -2.54. The van der Waals surface area contributed by atoms with Crippen LogP contribution in [-0.4, -0.2) is 71.2 Å². The average molecular weight is 578 g/mol. The highest BCUT2D eigenvalue weighted by Gasteiger charge is 2.78. The maximum Gasteiger partial charge on any atom is 0.253 e. The van der Waals surface area contributed by atoms with Crippen LogP contribution in [0, 0.1) is 11.8 Å². The number of benzene rings is 2. The summed E-state index contributed by atoms with van der Waals surface area (Å²) in [6.45, 7) is 9.99. The quantitative estimate of drug-likeness (QED) is 0.404. The Labute approximate surface area is 245 Å². The first-order chi connectivity index (χ1) is 19.7. The van der Waals surface area contributed by atoms with Gasteiger partial charge in [-0.1, -0.05) is 54.1 Å². The summed E-state index contributed by atoms with van der Waals surface area (Å²) in [5, 5.41) is 10.0. The van der Waals surface area contributed by atoms with Crippen LogP contribution in [0.3, 0.4) is 0 Å². The SMILES string of the molecule is C=CCN(C(=O)[C@H]1[C@H]2C(=O)N(CCCO)C(C(=O)N(CC=C)c3ccccc3Cl)C23CC[C@]1(C)O3)c1ccccc1. The van der Waals surface area contributed by atoms with E-state index in [-0.39, 0.29) is 50.4 Å². The molecule has 2 aromatic rings. The molecular formula is C32H36ClN3O5. The van der Waals surface area contributed by atoms with Gasteiger partial charge in [0.2, 0.25) is 11.8 Å². The van der Waals surface area contributed by atoms with Crippen molar-refractivity contribution >= 4 is 40.7 Å². The number of carbonyl (C=O) groups is 3. The largest absolute Gasteiger partial charge is 0.396 e. The molecule has 2 aromatic carbocycles. The number of hydrogen-bond acceptors (Lipinski definition) is 5. The van der Waals surface area contributed by atoms with Crippen LogP contribution in [0.15, 0.2) is 79.9 Å². The second-order valence-electron chi connectivity index (χ2n) is 11.1. The van der Waals surface area contributed by atoms with Crippen molar-refractivity contribution in [2.24, 2.45) is 11.8 Å². The lowest BCUT2D eigenvalue weighted by Gasteiger charge is -2.37. The van der Waals surface area contributed by atoms with Crippen LogP contribution >= 0.6 is 11.6 Å². The number of halogens is 1. The summed E-state index contributed by atoms with van der Waals surface area (Å²) in [5.41, 5.74) is -0.929. The van der Waals surface area contributed by atoms with E-state index in [9.17, 15) is 19.5 Å². The predicted molar refractivity (Wildman–Crippen MR) is 159 cm³/mol. The van der Waals surface area contributed by atoms with Gasteiger partial charge in [-0.2, -0.15) is 0 Å². The molecule has 5 atom stereocenters. The van der Waals surface area contributed by atoms with Crippen molar-refractivity contribution in [3.8, 4) is 0 Å². The molecule has 3 amide bonds. The number of ether oxygens (including phenoxy) is 1. The maximum absolute atomic E-state index is 14.5. The van der Waals surface area contributed by atoms with E-state index in [0.717, 1.165) is 0 Å². The van der Waals surface area contributed by atoms with Gasteiger partial charge in [-0.3, -0.25) is 14.4 Å². The molecule has 5 rings (SSSR count). The van der Waals surface area contributed by atoms with Gasteiger partial charge in [0.05, 0.1) is 28.1 Å². The van der Waals surface area contributed by atoms with Crippen LogP contribution in [0.5, 0.6) is 0 Å². The summed E-state index contributed by atoms with van der Waals surface area (Å²) in [6.07, 6.45) is 4.53. The van der Waals surface area contributed by atoms with Crippen molar-refractivity contribution in [2.75, 3.05) is 36.0 Å². The Morgan fingerprint density at radius 1 is 1.05 bits per heavy atom. The third-order valence-electron chi connectivity index (χ3n) is 8.70. The lowest BCUT2D eigenvalue weighted by atomic mass is 9.66. The number of nitrogens with zero attached hydrogens (tertiary/aromatic N) is 3. The molecule has 216 valence electrons. The zero-order valence-electron chi connectivity index (χ0n) is 23.2. The second kappa shape index (κ2) is 11.4. The molecule has 2 unspecified atom stereocenters. The lowest BCUT2D eigenvalue weighted by molar-refractivity contribution is -0.144. The number of hydrogen-bond donors (Lipinski definition) is 1. The molecule has 3 heterocycles. The lowest BCUT2D eigenvalue weighted by Crippen LogP contribution is -2.56. The molecule has 3 fully saturated rings. The summed E-state index contributed by atoms with van der Waals surface area (Å²) in [7, 11) is 0. The minimum atomic E-state index is -1.20. The monoisotopic (exact) mass is 577 g/mol. The van der Waals surface area contributed by atoms with Gasteiger partial charge in [0.15, 0.2) is 0 Å². The summed E-state index contributed by atoms with van der Waals surface area (Å²) >= 11 is 6.52. The first-order valence-corrected chi connectivity index (χ1v) is 14.4. The second-order valence-corrected chi connectivity index (χ2v) is 11.5. The Morgan fingerprint density at radius 3 is 2.37 bits per heavy atom. The van der Waals surface area contributed by atoms with Gasteiger partial charge in [0.25, 0.3) is 5.91 Å². The number of aliphatic hydroxyl groups excluding tert-OH is 1. The molecule has 0 aliphatic carbocycles. The Hall–Kier alpha value is -3.46. The van der Waals surface area contributed by atoms with Gasteiger partial charge in [-0.05, 0) is 50.5 Å². The van der Waals surface area contributed by atoms with Gasteiger partial charge < -0.3 is 24.5 Å². The first kappa shape index (κ1) is 29.0. The van der Waals surface area contributed by atoms with E-state index in [4.69, 9.17) is 16.3 Å². The van der Waals surface area contributed by atoms with E-state index >= 15 is 0 Å². The molecule has 3 saturated heterocycles. The number of anilines is 2. The molecule has 2 bridgehead atoms. The van der Waals surface area contributed by atoms with E-state index < -0.39 is 29.1 Å². The Morgan fingerprint density at radius 2 is 1.71 bits per heavy atom. The normalized spacial score (nSPS) is 27.9. The van der Waals surface area contributed by atoms with Gasteiger partial charge in [-0.15, -0.1) is 13.2 Å². The van der Waals surface area contributed by atoms with Crippen LogP contribution in [0.4, 0.5) is 11.4 Å². The highest BCUT2D eigenvalue weighted by molar-refractivity contribution is 6.34. The number of amides is 3. The molecule has 0 radical (unpaired) electrons. The van der Waals surface area contributed by atoms with Crippen molar-refractivity contribution < 1.29 is 24.2 Å². The minimum Gasteiger partial charge on any atom is -0.396 e. The predicted octanol–water partition coefficient (Wildman–Crippen LogP) is 4.23. The van der Waals surface area contributed by atoms with Gasteiger partial charge >= 0.3 is 0 Å². The molecule has 41 heavy (non-hydrogen) atoms. The topological polar surface area (TPSA) is 90.4 Å². The molecule has 0 saturated carbocycles. The zero-order valence-corrected chi connectivity index (χ0v) is 24.0. The molecule has 3 aliphatic heterocycles. The average Bonchev–Trinajstić information content (AvgIpc) is 3.54. The van der Waals surface area contributed by atoms with E-state index in [0.29, 0.717) is 29.2 Å². The number of para-hydroxylation sites is 2. The fourth-order valence-corrected chi connectivity index (χ4v) is 7.28. The Balaban J connectivity index is 1.59. The van der Waals surface area contributed by atoms with E-state index in [1.807, 2.05) is 37.3 Å². The van der Waals surface area contributed by atoms with Crippen LogP contribution in [0.25, 0.3) is 0 Å².